The van der Waals surface area contributed by atoms with E-state index in [1.807, 2.05) is 30.3 Å². The normalized spacial score (nSPS) is 10.4. The number of benzene rings is 2. The molecule has 0 aliphatic heterocycles. The second-order valence-corrected chi connectivity index (χ2v) is 4.24. The van der Waals surface area contributed by atoms with Gasteiger partial charge in [-0.2, -0.15) is 4.98 Å². The maximum atomic E-state index is 12.8. The zero-order valence-corrected chi connectivity index (χ0v) is 10.6. The average molecular weight is 269 g/mol. The van der Waals surface area contributed by atoms with Crippen molar-refractivity contribution in [3.63, 3.8) is 0 Å². The summed E-state index contributed by atoms with van der Waals surface area (Å²) in [6.45, 7) is 0.443. The molecule has 1 N–H and O–H groups in total. The third-order valence-electron chi connectivity index (χ3n) is 2.79. The van der Waals surface area contributed by atoms with E-state index >= 15 is 0 Å². The van der Waals surface area contributed by atoms with Crippen LogP contribution in [0.5, 0.6) is 0 Å². The van der Waals surface area contributed by atoms with Gasteiger partial charge in [-0.1, -0.05) is 23.4 Å². The second kappa shape index (κ2) is 5.52. The highest BCUT2D eigenvalue weighted by molar-refractivity contribution is 5.53. The molecule has 1 aromatic heterocycles. The quantitative estimate of drug-likeness (QED) is 0.787. The van der Waals surface area contributed by atoms with Crippen LogP contribution in [0.2, 0.25) is 0 Å². The third-order valence-corrected chi connectivity index (χ3v) is 2.79. The number of rotatable bonds is 4. The number of hydrogen-bond acceptors (Lipinski definition) is 4. The molecule has 2 aromatic carbocycles. The molecule has 0 atom stereocenters. The molecule has 4 nitrogen and oxygen atoms in total. The Kier molecular flexibility index (Phi) is 3.41. The third kappa shape index (κ3) is 2.83. The first-order valence-corrected chi connectivity index (χ1v) is 6.19. The van der Waals surface area contributed by atoms with E-state index in [4.69, 9.17) is 4.52 Å². The van der Waals surface area contributed by atoms with Crippen LogP contribution in [0.15, 0.2) is 59.1 Å². The molecule has 20 heavy (non-hydrogen) atoms. The van der Waals surface area contributed by atoms with Gasteiger partial charge in [0.25, 0.3) is 0 Å². The van der Waals surface area contributed by atoms with Gasteiger partial charge in [0.15, 0.2) is 0 Å². The van der Waals surface area contributed by atoms with Gasteiger partial charge < -0.3 is 9.84 Å². The van der Waals surface area contributed by atoms with Gasteiger partial charge in [0.05, 0.1) is 6.54 Å². The molecule has 0 unspecified atom stereocenters. The molecule has 3 aromatic rings. The maximum absolute atomic E-state index is 12.8. The van der Waals surface area contributed by atoms with E-state index in [2.05, 4.69) is 15.5 Å². The summed E-state index contributed by atoms with van der Waals surface area (Å²) >= 11 is 0. The molecule has 0 fully saturated rings. The van der Waals surface area contributed by atoms with Gasteiger partial charge in [-0.25, -0.2) is 4.39 Å². The first-order chi connectivity index (χ1) is 9.81. The van der Waals surface area contributed by atoms with Crippen molar-refractivity contribution in [3.8, 4) is 11.4 Å². The summed E-state index contributed by atoms with van der Waals surface area (Å²) in [6.07, 6.45) is 0. The van der Waals surface area contributed by atoms with E-state index in [1.165, 1.54) is 12.1 Å². The average Bonchev–Trinajstić information content (AvgIpc) is 2.96. The van der Waals surface area contributed by atoms with E-state index in [0.717, 1.165) is 11.3 Å². The van der Waals surface area contributed by atoms with Crippen LogP contribution in [0.1, 0.15) is 5.89 Å². The predicted molar refractivity (Wildman–Crippen MR) is 73.5 cm³/mol. The van der Waals surface area contributed by atoms with Gasteiger partial charge in [-0.15, -0.1) is 0 Å². The predicted octanol–water partition coefficient (Wildman–Crippen LogP) is 3.49. The van der Waals surface area contributed by atoms with Crippen LogP contribution in [0, 0.1) is 5.82 Å². The molecular formula is C15H12FN3O. The van der Waals surface area contributed by atoms with E-state index in [1.54, 1.807) is 12.1 Å². The van der Waals surface area contributed by atoms with Gasteiger partial charge in [0.2, 0.25) is 11.7 Å². The van der Waals surface area contributed by atoms with Gasteiger partial charge in [-0.05, 0) is 36.4 Å². The molecule has 0 saturated heterocycles. The highest BCUT2D eigenvalue weighted by Crippen LogP contribution is 2.16. The molecule has 100 valence electrons. The highest BCUT2D eigenvalue weighted by atomic mass is 19.1. The molecule has 0 bridgehead atoms. The fourth-order valence-electron chi connectivity index (χ4n) is 1.78. The Morgan fingerprint density at radius 3 is 2.50 bits per heavy atom. The lowest BCUT2D eigenvalue weighted by molar-refractivity contribution is 0.384. The number of para-hydroxylation sites is 1. The minimum atomic E-state index is -0.289. The Labute approximate surface area is 115 Å². The smallest absolute Gasteiger partial charge is 0.246 e. The van der Waals surface area contributed by atoms with Crippen molar-refractivity contribution in [1.29, 1.82) is 0 Å². The van der Waals surface area contributed by atoms with Crippen LogP contribution in [-0.2, 0) is 6.54 Å². The topological polar surface area (TPSA) is 51.0 Å². The van der Waals surface area contributed by atoms with E-state index in [-0.39, 0.29) is 5.82 Å². The highest BCUT2D eigenvalue weighted by Gasteiger charge is 2.08. The Morgan fingerprint density at radius 1 is 1.00 bits per heavy atom. The largest absolute Gasteiger partial charge is 0.376 e. The minimum absolute atomic E-state index is 0.289. The fraction of sp³-hybridized carbons (Fsp3) is 0.0667. The van der Waals surface area contributed by atoms with Crippen LogP contribution in [0.25, 0.3) is 11.4 Å². The number of nitrogens with zero attached hydrogens (tertiary/aromatic N) is 2. The lowest BCUT2D eigenvalue weighted by Gasteiger charge is -2.01. The van der Waals surface area contributed by atoms with Crippen molar-refractivity contribution in [1.82, 2.24) is 10.1 Å². The van der Waals surface area contributed by atoms with Gasteiger partial charge in [0.1, 0.15) is 5.82 Å². The van der Waals surface area contributed by atoms with Crippen LogP contribution >= 0.6 is 0 Å². The molecule has 0 amide bonds. The van der Waals surface area contributed by atoms with Crippen LogP contribution in [0.3, 0.4) is 0 Å². The van der Waals surface area contributed by atoms with E-state index < -0.39 is 0 Å². The maximum Gasteiger partial charge on any atom is 0.246 e. The summed E-state index contributed by atoms with van der Waals surface area (Å²) in [6, 6.07) is 15.7. The summed E-state index contributed by atoms with van der Waals surface area (Å²) in [5.74, 6) is 0.645. The lowest BCUT2D eigenvalue weighted by Crippen LogP contribution is -1.99. The van der Waals surface area contributed by atoms with Crippen molar-refractivity contribution < 1.29 is 8.91 Å². The Hall–Kier alpha value is -2.69. The number of nitrogens with one attached hydrogen (secondary N) is 1. The molecule has 3 rings (SSSR count). The first kappa shape index (κ1) is 12.3. The summed E-state index contributed by atoms with van der Waals surface area (Å²) < 4.78 is 18.0. The summed E-state index contributed by atoms with van der Waals surface area (Å²) in [4.78, 5) is 4.26. The molecule has 0 radical (unpaired) electrons. The van der Waals surface area contributed by atoms with Gasteiger partial charge in [0, 0.05) is 11.3 Å². The molecule has 0 aliphatic rings. The standard InChI is InChI=1S/C15H12FN3O/c16-12-8-6-11(7-9-12)15-18-14(20-19-15)10-17-13-4-2-1-3-5-13/h1-9,17H,10H2. The number of anilines is 1. The zero-order chi connectivity index (χ0) is 13.8. The van der Waals surface area contributed by atoms with Crippen LogP contribution in [0.4, 0.5) is 10.1 Å². The molecule has 5 heteroatoms. The van der Waals surface area contributed by atoms with Crippen LogP contribution in [-0.4, -0.2) is 10.1 Å². The second-order valence-electron chi connectivity index (χ2n) is 4.24. The van der Waals surface area contributed by atoms with Gasteiger partial charge >= 0.3 is 0 Å². The van der Waals surface area contributed by atoms with Crippen LogP contribution < -0.4 is 5.32 Å². The zero-order valence-electron chi connectivity index (χ0n) is 10.6. The molecule has 0 saturated carbocycles. The fourth-order valence-corrected chi connectivity index (χ4v) is 1.78. The minimum Gasteiger partial charge on any atom is -0.376 e. The summed E-state index contributed by atoms with van der Waals surface area (Å²) in [7, 11) is 0. The molecule has 0 aliphatic carbocycles. The van der Waals surface area contributed by atoms with Crippen molar-refractivity contribution in [3.05, 3.63) is 66.3 Å². The molecule has 0 spiro atoms. The lowest BCUT2D eigenvalue weighted by atomic mass is 10.2. The number of halogens is 1. The summed E-state index contributed by atoms with van der Waals surface area (Å²) in [5.41, 5.74) is 1.70. The van der Waals surface area contributed by atoms with E-state index in [0.29, 0.717) is 18.3 Å². The molecule has 1 heterocycles. The number of hydrogen-bond donors (Lipinski definition) is 1. The molecular weight excluding hydrogens is 257 g/mol. The Morgan fingerprint density at radius 2 is 1.75 bits per heavy atom. The Balaban J connectivity index is 1.69. The SMILES string of the molecule is Fc1ccc(-c2noc(CNc3ccccc3)n2)cc1. The van der Waals surface area contributed by atoms with Crippen molar-refractivity contribution in [2.75, 3.05) is 5.32 Å². The summed E-state index contributed by atoms with van der Waals surface area (Å²) in [5, 5.41) is 7.06. The monoisotopic (exact) mass is 269 g/mol. The van der Waals surface area contributed by atoms with Crippen molar-refractivity contribution >= 4 is 5.69 Å². The first-order valence-electron chi connectivity index (χ1n) is 6.19. The number of aromatic nitrogens is 2. The van der Waals surface area contributed by atoms with Gasteiger partial charge in [-0.3, -0.25) is 0 Å². The van der Waals surface area contributed by atoms with E-state index in [9.17, 15) is 4.39 Å². The Bertz CT molecular complexity index is 680. The van der Waals surface area contributed by atoms with Crippen molar-refractivity contribution in [2.45, 2.75) is 6.54 Å². The van der Waals surface area contributed by atoms with Crippen molar-refractivity contribution in [2.24, 2.45) is 0 Å².